The Morgan fingerprint density at radius 3 is 0.975 bits per heavy atom. The fraction of sp³-hybridized carbons (Fsp3) is 0.323. The van der Waals surface area contributed by atoms with E-state index in [1.807, 2.05) is 132 Å². The fourth-order valence-corrected chi connectivity index (χ4v) is 8.89. The molecular formula is C62H76Cl3KN8O7. The quantitative estimate of drug-likeness (QED) is 0.0599. The Labute approximate surface area is 537 Å². The summed E-state index contributed by atoms with van der Waals surface area (Å²) in [6, 6.07) is 34.0. The Bertz CT molecular complexity index is 3140. The van der Waals surface area contributed by atoms with Crippen LogP contribution >= 0.6 is 11.6 Å². The SMILES string of the molecule is C[N+](C)(C)CC(O)CCl.Cc1ccc(-c2nc(-c3ccc(C)cc3C)nc(-c3ccc(O)cc3O)n2)c(C)c1.Cc1ccc(-c2nc(-c3ccc(C)cc3C)nc(-c3ccc(OCC(O)C[N+](C)(C)C)cc3O)n2)c(C)c1.[Cl-].[Cl-].[K+].[OH-]. The molecule has 0 spiro atoms. The standard InChI is InChI=1S/C31H36N4O3.C25H23N3O2.C6H15ClNO.2ClH.K.H2O/c1-19-8-11-25(21(3)14-19)29-32-30(26-12-9-20(2)15-22(26)4)34-31(33-29)27-13-10-24(16-28(27)37)38-18-23(36)17-35(5,6)7;1-14-5-8-19(16(3)11-14)23-26-24(20-9-6-15(2)12-17(20)4)28-25(27-23)21-10-7-18(29)13-22(21)30;1-8(2,3)5-6(9)4-7;;;;/h8-16,23,36H,17-18H2,1-7H3;5-13,29-30H,1-4H3;6,9H,4-5H2,1-3H3;2*1H;;1H2/q;;+1;;;+1;/p-2. The molecule has 0 bridgehead atoms. The third kappa shape index (κ3) is 20.9. The van der Waals surface area contributed by atoms with Gasteiger partial charge in [-0.2, -0.15) is 0 Å². The van der Waals surface area contributed by atoms with Crippen molar-refractivity contribution in [2.45, 2.75) is 67.6 Å². The first-order valence-corrected chi connectivity index (χ1v) is 26.0. The number of phenols is 3. The summed E-state index contributed by atoms with van der Waals surface area (Å²) in [5.74, 6) is 3.59. The van der Waals surface area contributed by atoms with Gasteiger partial charge in [0.25, 0.3) is 0 Å². The fourth-order valence-electron chi connectivity index (χ4n) is 8.79. The van der Waals surface area contributed by atoms with E-state index in [2.05, 4.69) is 48.1 Å². The van der Waals surface area contributed by atoms with Gasteiger partial charge in [-0.05, 0) is 102 Å². The van der Waals surface area contributed by atoms with E-state index in [9.17, 15) is 20.4 Å². The van der Waals surface area contributed by atoms with Gasteiger partial charge in [-0.3, -0.25) is 0 Å². The third-order valence-electron chi connectivity index (χ3n) is 12.3. The Morgan fingerprint density at radius 1 is 0.420 bits per heavy atom. The number of quaternary nitrogens is 2. The van der Waals surface area contributed by atoms with E-state index in [4.69, 9.17) is 41.4 Å². The van der Waals surface area contributed by atoms with Crippen LogP contribution in [0, 0.1) is 55.4 Å². The summed E-state index contributed by atoms with van der Waals surface area (Å²) in [5.41, 5.74) is 13.5. The molecular weight excluding hydrogens is 1110 g/mol. The summed E-state index contributed by atoms with van der Waals surface area (Å²) in [6.45, 7) is 17.7. The van der Waals surface area contributed by atoms with E-state index in [0.717, 1.165) is 71.2 Å². The minimum absolute atomic E-state index is 0. The Kier molecular flexibility index (Phi) is 28.0. The first-order chi connectivity index (χ1) is 36.2. The van der Waals surface area contributed by atoms with Crippen LogP contribution in [0.4, 0.5) is 0 Å². The summed E-state index contributed by atoms with van der Waals surface area (Å²) < 4.78 is 7.13. The molecule has 19 heteroatoms. The minimum Gasteiger partial charge on any atom is -1.00 e. The van der Waals surface area contributed by atoms with E-state index in [-0.39, 0.29) is 112 Å². The Hall–Kier alpha value is -5.15. The number of halogens is 3. The minimum atomic E-state index is -0.624. The van der Waals surface area contributed by atoms with Crippen molar-refractivity contribution in [2.75, 3.05) is 67.9 Å². The number of aromatic hydroxyl groups is 3. The maximum Gasteiger partial charge on any atom is 1.00 e. The molecule has 0 aliphatic heterocycles. The second-order valence-electron chi connectivity index (χ2n) is 22.0. The zero-order valence-corrected chi connectivity index (χ0v) is 54.6. The van der Waals surface area contributed by atoms with Crippen LogP contribution in [-0.2, 0) is 0 Å². The van der Waals surface area contributed by atoms with Gasteiger partial charge in [0.2, 0.25) is 0 Å². The van der Waals surface area contributed by atoms with Crippen LogP contribution in [0.25, 0.3) is 68.3 Å². The van der Waals surface area contributed by atoms with E-state index >= 15 is 0 Å². The van der Waals surface area contributed by atoms with Gasteiger partial charge in [0.05, 0.1) is 59.3 Å². The van der Waals surface area contributed by atoms with Gasteiger partial charge in [0.1, 0.15) is 54.9 Å². The molecule has 8 aromatic rings. The molecule has 0 amide bonds. The van der Waals surface area contributed by atoms with Crippen LogP contribution in [0.2, 0.25) is 0 Å². The van der Waals surface area contributed by atoms with Crippen molar-refractivity contribution in [2.24, 2.45) is 0 Å². The molecule has 2 heterocycles. The zero-order chi connectivity index (χ0) is 56.5. The molecule has 15 nitrogen and oxygen atoms in total. The zero-order valence-electron chi connectivity index (χ0n) is 49.2. The summed E-state index contributed by atoms with van der Waals surface area (Å²) >= 11 is 5.40. The van der Waals surface area contributed by atoms with Crippen LogP contribution in [-0.4, -0.2) is 150 Å². The molecule has 8 rings (SSSR count). The molecule has 0 fully saturated rings. The largest absolute Gasteiger partial charge is 1.00 e. The van der Waals surface area contributed by atoms with E-state index in [1.54, 1.807) is 18.2 Å². The first kappa shape index (κ1) is 71.9. The summed E-state index contributed by atoms with van der Waals surface area (Å²) in [4.78, 5) is 28.5. The average Bonchev–Trinajstić information content (AvgIpc) is 3.32. The number of aliphatic hydroxyl groups is 2. The molecule has 0 radical (unpaired) electrons. The van der Waals surface area contributed by atoms with E-state index in [0.29, 0.717) is 75.3 Å². The van der Waals surface area contributed by atoms with Gasteiger partial charge in [-0.25, -0.2) is 29.9 Å². The number of likely N-dealkylation sites (N-methyl/N-ethyl adjacent to an activating group) is 2. The molecule has 2 aromatic heterocycles. The van der Waals surface area contributed by atoms with Crippen molar-refractivity contribution in [3.05, 3.63) is 154 Å². The van der Waals surface area contributed by atoms with Gasteiger partial charge in [0.15, 0.2) is 34.9 Å². The third-order valence-corrected chi connectivity index (χ3v) is 12.7. The number of rotatable bonds is 14. The molecule has 6 N–H and O–H groups in total. The number of aliphatic hydroxyl groups excluding tert-OH is 2. The summed E-state index contributed by atoms with van der Waals surface area (Å²) in [6.07, 6.45) is -0.993. The molecule has 0 aliphatic rings. The number of aromatic nitrogens is 6. The predicted molar refractivity (Wildman–Crippen MR) is 311 cm³/mol. The van der Waals surface area contributed by atoms with Crippen molar-refractivity contribution in [1.29, 1.82) is 0 Å². The second kappa shape index (κ2) is 31.5. The monoisotopic (exact) mass is 1190 g/mol. The van der Waals surface area contributed by atoms with Crippen molar-refractivity contribution < 1.29 is 121 Å². The molecule has 6 aromatic carbocycles. The smallest absolute Gasteiger partial charge is 1.00 e. The summed E-state index contributed by atoms with van der Waals surface area (Å²) in [7, 11) is 12.1. The number of hydrogen-bond donors (Lipinski definition) is 5. The maximum absolute atomic E-state index is 11.0. The number of benzene rings is 6. The van der Waals surface area contributed by atoms with Crippen LogP contribution in [0.1, 0.15) is 44.5 Å². The van der Waals surface area contributed by atoms with Gasteiger partial charge in [-0.15, -0.1) is 11.6 Å². The number of nitrogens with zero attached hydrogens (tertiary/aromatic N) is 8. The molecule has 81 heavy (non-hydrogen) atoms. The van der Waals surface area contributed by atoms with Crippen molar-refractivity contribution in [3.8, 4) is 91.3 Å². The van der Waals surface area contributed by atoms with Crippen molar-refractivity contribution in [3.63, 3.8) is 0 Å². The first-order valence-electron chi connectivity index (χ1n) is 25.5. The molecule has 0 saturated carbocycles. The summed E-state index contributed by atoms with van der Waals surface area (Å²) in [5, 5.41) is 50.3. The van der Waals surface area contributed by atoms with Crippen LogP contribution < -0.4 is 80.9 Å². The van der Waals surface area contributed by atoms with Gasteiger partial charge in [-0.1, -0.05) is 95.1 Å². The van der Waals surface area contributed by atoms with Crippen LogP contribution in [0.15, 0.2) is 109 Å². The topological polar surface area (TPSA) is 218 Å². The molecule has 428 valence electrons. The number of hydrogen-bond acceptors (Lipinski definition) is 13. The van der Waals surface area contributed by atoms with Crippen molar-refractivity contribution in [1.82, 2.24) is 29.9 Å². The van der Waals surface area contributed by atoms with Gasteiger partial charge < -0.3 is 69.5 Å². The number of alkyl halides is 1. The Morgan fingerprint density at radius 2 is 0.704 bits per heavy atom. The maximum atomic E-state index is 11.0. The number of phenolic OH excluding ortho intramolecular Hbond substituents is 3. The molecule has 2 atom stereocenters. The normalized spacial score (nSPS) is 11.6. The predicted octanol–water partition coefficient (Wildman–Crippen LogP) is 1.90. The van der Waals surface area contributed by atoms with Gasteiger partial charge in [0, 0.05) is 34.4 Å². The number of ether oxygens (including phenoxy) is 1. The van der Waals surface area contributed by atoms with Crippen molar-refractivity contribution >= 4 is 11.6 Å². The average molecular weight is 1190 g/mol. The second-order valence-corrected chi connectivity index (χ2v) is 22.3. The van der Waals surface area contributed by atoms with Crippen LogP contribution in [0.5, 0.6) is 23.0 Å². The van der Waals surface area contributed by atoms with Gasteiger partial charge >= 0.3 is 51.4 Å². The molecule has 0 aliphatic carbocycles. The van der Waals surface area contributed by atoms with Crippen LogP contribution in [0.3, 0.4) is 0 Å². The van der Waals surface area contributed by atoms with E-state index in [1.165, 1.54) is 18.2 Å². The van der Waals surface area contributed by atoms with E-state index < -0.39 is 6.10 Å². The molecule has 2 unspecified atom stereocenters. The Balaban J connectivity index is 0.000000468. The number of aryl methyl sites for hydroxylation is 8. The molecule has 0 saturated heterocycles.